The molecule has 2 aromatic carbocycles. The Hall–Kier alpha value is -2.48. The third-order valence-corrected chi connectivity index (χ3v) is 6.56. The number of rotatable bonds is 12. The third-order valence-electron chi connectivity index (χ3n) is 5.09. The normalized spacial score (nSPS) is 12.7. The Morgan fingerprint density at radius 1 is 1.03 bits per heavy atom. The molecule has 0 amide bonds. The summed E-state index contributed by atoms with van der Waals surface area (Å²) < 4.78 is 29.3. The van der Waals surface area contributed by atoms with Gasteiger partial charge in [0, 0.05) is 32.0 Å². The molecule has 0 saturated carbocycles. The summed E-state index contributed by atoms with van der Waals surface area (Å²) in [7, 11) is -3.44. The summed E-state index contributed by atoms with van der Waals surface area (Å²) in [6, 6.07) is 16.9. The molecule has 0 aliphatic heterocycles. The number of hydrogen-bond acceptors (Lipinski definition) is 4. The van der Waals surface area contributed by atoms with Crippen molar-refractivity contribution in [2.45, 2.75) is 37.1 Å². The zero-order chi connectivity index (χ0) is 21.2. The van der Waals surface area contributed by atoms with Crippen LogP contribution in [0.3, 0.4) is 0 Å². The second-order valence-electron chi connectivity index (χ2n) is 7.46. The summed E-state index contributed by atoms with van der Waals surface area (Å²) in [5, 5.41) is 3.52. The van der Waals surface area contributed by atoms with Crippen LogP contribution in [-0.2, 0) is 23.0 Å². The first-order valence-corrected chi connectivity index (χ1v) is 11.8. The predicted octanol–water partition coefficient (Wildman–Crippen LogP) is 3.19. The fraction of sp³-hybridized carbons (Fsp3) is 0.348. The van der Waals surface area contributed by atoms with Crippen molar-refractivity contribution < 1.29 is 8.42 Å². The lowest BCUT2D eigenvalue weighted by Gasteiger charge is -2.14. The smallest absolute Gasteiger partial charge is 0.240 e. The van der Waals surface area contributed by atoms with E-state index >= 15 is 0 Å². The van der Waals surface area contributed by atoms with E-state index in [0.717, 1.165) is 31.6 Å². The minimum absolute atomic E-state index is 0.298. The molecule has 1 aromatic heterocycles. The largest absolute Gasteiger partial charge is 0.337 e. The first kappa shape index (κ1) is 22.2. The fourth-order valence-electron chi connectivity index (χ4n) is 3.27. The molecule has 160 valence electrons. The molecule has 0 saturated heterocycles. The van der Waals surface area contributed by atoms with Crippen LogP contribution in [0.1, 0.15) is 30.4 Å². The molecule has 1 atom stereocenters. The number of imidazole rings is 1. The Balaban J connectivity index is 1.37. The van der Waals surface area contributed by atoms with E-state index in [-0.39, 0.29) is 0 Å². The standard InChI is InChI=1S/C23H30N4O2S/c1-20(18-24-13-5-16-27-17-15-25-19-27)22-10-8-21(9-11-22)12-14-26-30(28,29)23-6-3-2-4-7-23/h2-4,6-11,15,17,19-20,24,26H,5,12-14,16,18H2,1H3. The number of nitrogens with zero attached hydrogens (tertiary/aromatic N) is 2. The van der Waals surface area contributed by atoms with Gasteiger partial charge in [-0.15, -0.1) is 0 Å². The molecule has 1 unspecified atom stereocenters. The molecule has 6 nitrogen and oxygen atoms in total. The van der Waals surface area contributed by atoms with E-state index in [9.17, 15) is 8.42 Å². The van der Waals surface area contributed by atoms with E-state index in [1.165, 1.54) is 5.56 Å². The number of aryl methyl sites for hydroxylation is 1. The van der Waals surface area contributed by atoms with E-state index in [0.29, 0.717) is 23.8 Å². The number of nitrogens with one attached hydrogen (secondary N) is 2. The summed E-state index contributed by atoms with van der Waals surface area (Å²) in [5.74, 6) is 0.420. The molecular formula is C23H30N4O2S. The van der Waals surface area contributed by atoms with Gasteiger partial charge in [-0.2, -0.15) is 0 Å². The van der Waals surface area contributed by atoms with Crippen molar-refractivity contribution in [3.8, 4) is 0 Å². The van der Waals surface area contributed by atoms with Crippen LogP contribution < -0.4 is 10.0 Å². The highest BCUT2D eigenvalue weighted by Gasteiger charge is 2.12. The summed E-state index contributed by atoms with van der Waals surface area (Å²) >= 11 is 0. The van der Waals surface area contributed by atoms with E-state index < -0.39 is 10.0 Å². The van der Waals surface area contributed by atoms with Crippen LogP contribution >= 0.6 is 0 Å². The van der Waals surface area contributed by atoms with Crippen molar-refractivity contribution in [1.82, 2.24) is 19.6 Å². The second kappa shape index (κ2) is 11.1. The van der Waals surface area contributed by atoms with E-state index in [4.69, 9.17) is 0 Å². The lowest BCUT2D eigenvalue weighted by atomic mass is 9.99. The average molecular weight is 427 g/mol. The molecule has 2 N–H and O–H groups in total. The summed E-state index contributed by atoms with van der Waals surface area (Å²) in [6.07, 6.45) is 7.36. The first-order valence-electron chi connectivity index (χ1n) is 10.3. The molecule has 0 bridgehead atoms. The van der Waals surface area contributed by atoms with Gasteiger partial charge in [-0.05, 0) is 48.6 Å². The number of aromatic nitrogens is 2. The van der Waals surface area contributed by atoms with Crippen LogP contribution in [0.5, 0.6) is 0 Å². The minimum Gasteiger partial charge on any atom is -0.337 e. The SMILES string of the molecule is CC(CNCCCn1ccnc1)c1ccc(CCNS(=O)(=O)c2ccccc2)cc1. The predicted molar refractivity (Wildman–Crippen MR) is 120 cm³/mol. The topological polar surface area (TPSA) is 76.0 Å². The quantitative estimate of drug-likeness (QED) is 0.436. The summed E-state index contributed by atoms with van der Waals surface area (Å²) in [4.78, 5) is 4.35. The Morgan fingerprint density at radius 2 is 1.80 bits per heavy atom. The number of hydrogen-bond donors (Lipinski definition) is 2. The lowest BCUT2D eigenvalue weighted by molar-refractivity contribution is 0.556. The van der Waals surface area contributed by atoms with Crippen LogP contribution in [0.25, 0.3) is 0 Å². The van der Waals surface area contributed by atoms with Gasteiger partial charge in [-0.25, -0.2) is 18.1 Å². The Kier molecular flexibility index (Phi) is 8.19. The van der Waals surface area contributed by atoms with Crippen molar-refractivity contribution in [2.75, 3.05) is 19.6 Å². The number of benzene rings is 2. The maximum Gasteiger partial charge on any atom is 0.240 e. The molecule has 1 heterocycles. The molecular weight excluding hydrogens is 396 g/mol. The zero-order valence-electron chi connectivity index (χ0n) is 17.4. The maximum absolute atomic E-state index is 12.3. The van der Waals surface area contributed by atoms with Gasteiger partial charge < -0.3 is 9.88 Å². The Bertz CT molecular complexity index is 972. The Labute approximate surface area is 179 Å². The van der Waals surface area contributed by atoms with Crippen molar-refractivity contribution >= 4 is 10.0 Å². The van der Waals surface area contributed by atoms with Gasteiger partial charge in [0.1, 0.15) is 0 Å². The molecule has 0 aliphatic rings. The van der Waals surface area contributed by atoms with Crippen LogP contribution in [-0.4, -0.2) is 37.6 Å². The minimum atomic E-state index is -3.44. The van der Waals surface area contributed by atoms with E-state index in [1.807, 2.05) is 12.5 Å². The molecule has 0 fully saturated rings. The monoisotopic (exact) mass is 426 g/mol. The molecule has 3 aromatic rings. The van der Waals surface area contributed by atoms with Gasteiger partial charge in [0.2, 0.25) is 10.0 Å². The summed E-state index contributed by atoms with van der Waals surface area (Å²) in [6.45, 7) is 5.48. The third kappa shape index (κ3) is 6.79. The van der Waals surface area contributed by atoms with Crippen molar-refractivity contribution in [3.63, 3.8) is 0 Å². The second-order valence-corrected chi connectivity index (χ2v) is 9.23. The molecule has 3 rings (SSSR count). The van der Waals surface area contributed by atoms with Gasteiger partial charge in [0.05, 0.1) is 11.2 Å². The van der Waals surface area contributed by atoms with Gasteiger partial charge in [0.25, 0.3) is 0 Å². The highest BCUT2D eigenvalue weighted by molar-refractivity contribution is 7.89. The van der Waals surface area contributed by atoms with Crippen LogP contribution in [0.15, 0.2) is 78.2 Å². The van der Waals surface area contributed by atoms with Gasteiger partial charge >= 0.3 is 0 Å². The summed E-state index contributed by atoms with van der Waals surface area (Å²) in [5.41, 5.74) is 2.40. The average Bonchev–Trinajstić information content (AvgIpc) is 3.28. The first-order chi connectivity index (χ1) is 14.5. The molecule has 30 heavy (non-hydrogen) atoms. The Morgan fingerprint density at radius 3 is 2.50 bits per heavy atom. The van der Waals surface area contributed by atoms with Crippen molar-refractivity contribution in [2.24, 2.45) is 0 Å². The van der Waals surface area contributed by atoms with Crippen molar-refractivity contribution in [1.29, 1.82) is 0 Å². The molecule has 0 aliphatic carbocycles. The molecule has 0 radical (unpaired) electrons. The highest BCUT2D eigenvalue weighted by atomic mass is 32.2. The lowest BCUT2D eigenvalue weighted by Crippen LogP contribution is -2.26. The van der Waals surface area contributed by atoms with Crippen molar-refractivity contribution in [3.05, 3.63) is 84.4 Å². The van der Waals surface area contributed by atoms with E-state index in [2.05, 4.69) is 50.8 Å². The number of sulfonamides is 1. The fourth-order valence-corrected chi connectivity index (χ4v) is 4.32. The zero-order valence-corrected chi connectivity index (χ0v) is 18.2. The van der Waals surface area contributed by atoms with Crippen LogP contribution in [0, 0.1) is 0 Å². The highest BCUT2D eigenvalue weighted by Crippen LogP contribution is 2.15. The molecule has 7 heteroatoms. The van der Waals surface area contributed by atoms with Gasteiger partial charge in [0.15, 0.2) is 0 Å². The van der Waals surface area contributed by atoms with Gasteiger partial charge in [-0.1, -0.05) is 49.4 Å². The van der Waals surface area contributed by atoms with Crippen LogP contribution in [0.4, 0.5) is 0 Å². The van der Waals surface area contributed by atoms with E-state index in [1.54, 1.807) is 36.5 Å². The van der Waals surface area contributed by atoms with Gasteiger partial charge in [-0.3, -0.25) is 0 Å². The van der Waals surface area contributed by atoms with Crippen LogP contribution in [0.2, 0.25) is 0 Å². The maximum atomic E-state index is 12.3. The molecule has 0 spiro atoms.